The molecule has 1 amide bonds. The largest absolute Gasteiger partial charge is 0.311 e. The quantitative estimate of drug-likeness (QED) is 0.939. The van der Waals surface area contributed by atoms with Crippen molar-refractivity contribution in [3.05, 3.63) is 46.8 Å². The van der Waals surface area contributed by atoms with E-state index in [1.165, 1.54) is 23.2 Å². The van der Waals surface area contributed by atoms with Crippen LogP contribution < -0.4 is 4.90 Å². The van der Waals surface area contributed by atoms with E-state index in [4.69, 9.17) is 0 Å². The highest BCUT2D eigenvalue weighted by molar-refractivity contribution is 5.96. The van der Waals surface area contributed by atoms with Crippen LogP contribution in [0.4, 0.5) is 5.69 Å². The number of anilines is 1. The predicted octanol–water partition coefficient (Wildman–Crippen LogP) is 1.92. The molecule has 0 bridgehead atoms. The summed E-state index contributed by atoms with van der Waals surface area (Å²) < 4.78 is 0. The van der Waals surface area contributed by atoms with Crippen LogP contribution in [0.1, 0.15) is 28.9 Å². The molecule has 120 valence electrons. The van der Waals surface area contributed by atoms with Gasteiger partial charge in [0.1, 0.15) is 0 Å². The number of nitrogens with one attached hydrogen (secondary N) is 1. The Morgan fingerprint density at radius 1 is 1.30 bits per heavy atom. The Morgan fingerprint density at radius 2 is 2.17 bits per heavy atom. The summed E-state index contributed by atoms with van der Waals surface area (Å²) in [4.78, 5) is 16.6. The molecule has 0 radical (unpaired) electrons. The van der Waals surface area contributed by atoms with Crippen LogP contribution in [0.15, 0.2) is 24.3 Å². The summed E-state index contributed by atoms with van der Waals surface area (Å²) in [5.41, 5.74) is 6.11. The van der Waals surface area contributed by atoms with Crippen molar-refractivity contribution in [1.82, 2.24) is 15.1 Å². The lowest BCUT2D eigenvalue weighted by atomic mass is 10.2. The molecule has 1 aliphatic carbocycles. The number of hydrogen-bond acceptors (Lipinski definition) is 3. The SMILES string of the molecule is CN(CC(=O)N1CCc2ccccc21)Cc1n[nH]c2c1CCC2. The van der Waals surface area contributed by atoms with E-state index in [0.29, 0.717) is 6.54 Å². The van der Waals surface area contributed by atoms with E-state index in [1.54, 1.807) is 0 Å². The van der Waals surface area contributed by atoms with Crippen LogP contribution in [0, 0.1) is 0 Å². The smallest absolute Gasteiger partial charge is 0.241 e. The highest BCUT2D eigenvalue weighted by Gasteiger charge is 2.25. The number of aromatic nitrogens is 2. The molecule has 0 fully saturated rings. The van der Waals surface area contributed by atoms with Gasteiger partial charge in [-0.1, -0.05) is 18.2 Å². The molecule has 1 aliphatic heterocycles. The van der Waals surface area contributed by atoms with Crippen LogP contribution in [-0.4, -0.2) is 41.1 Å². The fourth-order valence-corrected chi connectivity index (χ4v) is 3.74. The zero-order chi connectivity index (χ0) is 15.8. The van der Waals surface area contributed by atoms with Crippen LogP contribution >= 0.6 is 0 Å². The first-order chi connectivity index (χ1) is 11.2. The van der Waals surface area contributed by atoms with Crippen LogP contribution in [-0.2, 0) is 30.6 Å². The van der Waals surface area contributed by atoms with Gasteiger partial charge in [-0.25, -0.2) is 0 Å². The molecule has 23 heavy (non-hydrogen) atoms. The number of H-pyrrole nitrogens is 1. The molecule has 2 aliphatic rings. The topological polar surface area (TPSA) is 52.2 Å². The Labute approximate surface area is 136 Å². The fourth-order valence-electron chi connectivity index (χ4n) is 3.74. The molecule has 1 N–H and O–H groups in total. The number of carbonyl (C=O) groups is 1. The first-order valence-corrected chi connectivity index (χ1v) is 8.34. The third-order valence-electron chi connectivity index (χ3n) is 4.91. The first kappa shape index (κ1) is 14.5. The normalized spacial score (nSPS) is 16.0. The summed E-state index contributed by atoms with van der Waals surface area (Å²) in [6, 6.07) is 8.19. The molecule has 0 saturated carbocycles. The summed E-state index contributed by atoms with van der Waals surface area (Å²) in [5, 5.41) is 7.57. The second-order valence-electron chi connectivity index (χ2n) is 6.58. The van der Waals surface area contributed by atoms with E-state index < -0.39 is 0 Å². The van der Waals surface area contributed by atoms with E-state index in [1.807, 2.05) is 30.1 Å². The number of benzene rings is 1. The van der Waals surface area contributed by atoms with Crippen LogP contribution in [0.25, 0.3) is 0 Å². The zero-order valence-corrected chi connectivity index (χ0v) is 13.5. The average Bonchev–Trinajstić information content (AvgIpc) is 3.23. The zero-order valence-electron chi connectivity index (χ0n) is 13.5. The third kappa shape index (κ3) is 2.65. The Bertz CT molecular complexity index is 736. The van der Waals surface area contributed by atoms with Gasteiger partial charge in [-0.2, -0.15) is 5.10 Å². The van der Waals surface area contributed by atoms with E-state index in [2.05, 4.69) is 21.2 Å². The van der Waals surface area contributed by atoms with Gasteiger partial charge < -0.3 is 4.90 Å². The fraction of sp³-hybridized carbons (Fsp3) is 0.444. The maximum atomic E-state index is 12.6. The lowest BCUT2D eigenvalue weighted by Crippen LogP contribution is -2.38. The number of rotatable bonds is 4. The molecule has 1 aromatic carbocycles. The van der Waals surface area contributed by atoms with Gasteiger partial charge in [0, 0.05) is 24.5 Å². The highest BCUT2D eigenvalue weighted by atomic mass is 16.2. The molecule has 0 unspecified atom stereocenters. The Morgan fingerprint density at radius 3 is 3.09 bits per heavy atom. The maximum absolute atomic E-state index is 12.6. The monoisotopic (exact) mass is 310 g/mol. The first-order valence-electron chi connectivity index (χ1n) is 8.34. The number of likely N-dealkylation sites (N-methyl/N-ethyl adjacent to an activating group) is 1. The molecule has 0 spiro atoms. The Balaban J connectivity index is 1.41. The summed E-state index contributed by atoms with van der Waals surface area (Å²) >= 11 is 0. The second-order valence-corrected chi connectivity index (χ2v) is 6.58. The van der Waals surface area contributed by atoms with E-state index in [9.17, 15) is 4.79 Å². The van der Waals surface area contributed by atoms with Crippen LogP contribution in [0.2, 0.25) is 0 Å². The van der Waals surface area contributed by atoms with Gasteiger partial charge in [-0.3, -0.25) is 14.8 Å². The molecule has 2 aromatic rings. The van der Waals surface area contributed by atoms with E-state index in [-0.39, 0.29) is 5.91 Å². The second kappa shape index (κ2) is 5.81. The Kier molecular flexibility index (Phi) is 3.65. The summed E-state index contributed by atoms with van der Waals surface area (Å²) in [5.74, 6) is 0.171. The minimum atomic E-state index is 0.171. The lowest BCUT2D eigenvalue weighted by molar-refractivity contribution is -0.119. The molecular weight excluding hydrogens is 288 g/mol. The summed E-state index contributed by atoms with van der Waals surface area (Å²) in [7, 11) is 2.00. The van der Waals surface area contributed by atoms with Crippen LogP contribution in [0.3, 0.4) is 0 Å². The predicted molar refractivity (Wildman–Crippen MR) is 89.4 cm³/mol. The molecular formula is C18H22N4O. The van der Waals surface area contributed by atoms with Crippen molar-refractivity contribution in [3.63, 3.8) is 0 Å². The van der Waals surface area contributed by atoms with Gasteiger partial charge in [0.05, 0.1) is 12.2 Å². The number of fused-ring (bicyclic) bond motifs is 2. The number of nitrogens with zero attached hydrogens (tertiary/aromatic N) is 3. The van der Waals surface area contributed by atoms with Gasteiger partial charge in [0.15, 0.2) is 0 Å². The molecule has 5 heteroatoms. The number of aromatic amines is 1. The van der Waals surface area contributed by atoms with Gasteiger partial charge in [-0.05, 0) is 49.9 Å². The standard InChI is InChI=1S/C18H22N4O/c1-21(11-16-14-6-4-7-15(14)19-20-16)12-18(23)22-10-9-13-5-2-3-8-17(13)22/h2-3,5,8H,4,6-7,9-12H2,1H3,(H,19,20). The third-order valence-corrected chi connectivity index (χ3v) is 4.91. The number of para-hydroxylation sites is 1. The van der Waals surface area contributed by atoms with Crippen molar-refractivity contribution in [2.24, 2.45) is 0 Å². The van der Waals surface area contributed by atoms with Crippen molar-refractivity contribution >= 4 is 11.6 Å². The minimum absolute atomic E-state index is 0.171. The van der Waals surface area contributed by atoms with Crippen LogP contribution in [0.5, 0.6) is 0 Å². The van der Waals surface area contributed by atoms with Crippen molar-refractivity contribution in [2.45, 2.75) is 32.2 Å². The molecule has 0 atom stereocenters. The summed E-state index contributed by atoms with van der Waals surface area (Å²) in [6.45, 7) is 1.95. The minimum Gasteiger partial charge on any atom is -0.311 e. The van der Waals surface area contributed by atoms with Crippen molar-refractivity contribution in [2.75, 3.05) is 25.0 Å². The van der Waals surface area contributed by atoms with E-state index in [0.717, 1.165) is 43.7 Å². The number of amides is 1. The Hall–Kier alpha value is -2.14. The number of carbonyl (C=O) groups excluding carboxylic acids is 1. The molecule has 2 heterocycles. The molecule has 1 aromatic heterocycles. The molecule has 5 nitrogen and oxygen atoms in total. The van der Waals surface area contributed by atoms with Crippen molar-refractivity contribution in [3.8, 4) is 0 Å². The molecule has 0 saturated heterocycles. The number of hydrogen-bond donors (Lipinski definition) is 1. The van der Waals surface area contributed by atoms with Gasteiger partial charge in [0.25, 0.3) is 0 Å². The van der Waals surface area contributed by atoms with Gasteiger partial charge >= 0.3 is 0 Å². The van der Waals surface area contributed by atoms with E-state index >= 15 is 0 Å². The van der Waals surface area contributed by atoms with Crippen molar-refractivity contribution in [1.29, 1.82) is 0 Å². The van der Waals surface area contributed by atoms with Crippen molar-refractivity contribution < 1.29 is 4.79 Å². The lowest BCUT2D eigenvalue weighted by Gasteiger charge is -2.21. The van der Waals surface area contributed by atoms with Gasteiger partial charge in [-0.15, -0.1) is 0 Å². The highest BCUT2D eigenvalue weighted by Crippen LogP contribution is 2.28. The van der Waals surface area contributed by atoms with Gasteiger partial charge in [0.2, 0.25) is 5.91 Å². The summed E-state index contributed by atoms with van der Waals surface area (Å²) in [6.07, 6.45) is 4.39. The maximum Gasteiger partial charge on any atom is 0.241 e. The number of aryl methyl sites for hydroxylation is 1. The molecule has 4 rings (SSSR count). The average molecular weight is 310 g/mol.